The van der Waals surface area contributed by atoms with E-state index < -0.39 is 18.1 Å². The molecule has 1 saturated heterocycles. The highest BCUT2D eigenvalue weighted by Crippen LogP contribution is 2.31. The summed E-state index contributed by atoms with van der Waals surface area (Å²) in [5.41, 5.74) is 0. The van der Waals surface area contributed by atoms with Crippen molar-refractivity contribution in [2.24, 2.45) is 0 Å². The van der Waals surface area contributed by atoms with Crippen molar-refractivity contribution in [1.29, 1.82) is 0 Å². The van der Waals surface area contributed by atoms with Crippen LogP contribution in [0.5, 0.6) is 0 Å². The van der Waals surface area contributed by atoms with Crippen LogP contribution in [0.15, 0.2) is 4.42 Å². The molecule has 1 amide bonds. The molecule has 1 fully saturated rings. The molecule has 0 bridgehead atoms. The Balaban J connectivity index is 2.23. The van der Waals surface area contributed by atoms with Crippen molar-refractivity contribution in [2.45, 2.75) is 17.4 Å². The van der Waals surface area contributed by atoms with Crippen LogP contribution in [0.3, 0.4) is 0 Å². The maximum Gasteiger partial charge on any atom is 0.470 e. The molecule has 1 atom stereocenters. The van der Waals surface area contributed by atoms with Gasteiger partial charge in [0.25, 0.3) is 0 Å². The van der Waals surface area contributed by atoms with Crippen LogP contribution in [0.1, 0.15) is 12.3 Å². The molecule has 0 spiro atoms. The van der Waals surface area contributed by atoms with Gasteiger partial charge in [0, 0.05) is 17.8 Å². The summed E-state index contributed by atoms with van der Waals surface area (Å²) in [7, 11) is 0. The van der Waals surface area contributed by atoms with Crippen LogP contribution in [0.4, 0.5) is 19.2 Å². The summed E-state index contributed by atoms with van der Waals surface area (Å²) in [5, 5.41) is 6.04. The van der Waals surface area contributed by atoms with Crippen LogP contribution in [0.25, 0.3) is 0 Å². The number of halogens is 4. The first kappa shape index (κ1) is 11.4. The number of carbonyl (C=O) groups is 1. The molecule has 1 aromatic rings. The zero-order valence-electron chi connectivity index (χ0n) is 7.66. The van der Waals surface area contributed by atoms with E-state index in [0.717, 1.165) is 4.90 Å². The molecule has 16 heavy (non-hydrogen) atoms. The summed E-state index contributed by atoms with van der Waals surface area (Å²) in [6.07, 6.45) is -4.49. The van der Waals surface area contributed by atoms with Gasteiger partial charge in [-0.15, -0.1) is 5.10 Å². The van der Waals surface area contributed by atoms with Crippen LogP contribution in [0.2, 0.25) is 0 Å². The molecule has 0 saturated carbocycles. The Morgan fingerprint density at radius 3 is 2.56 bits per heavy atom. The minimum Gasteiger partial charge on any atom is -0.399 e. The van der Waals surface area contributed by atoms with E-state index in [0.29, 0.717) is 0 Å². The molecule has 2 rings (SSSR count). The predicted molar refractivity (Wildman–Crippen MR) is 49.0 cm³/mol. The van der Waals surface area contributed by atoms with Crippen molar-refractivity contribution in [2.75, 3.05) is 11.4 Å². The van der Waals surface area contributed by atoms with E-state index in [2.05, 4.69) is 30.5 Å². The molecule has 1 aliphatic heterocycles. The fourth-order valence-electron chi connectivity index (χ4n) is 1.29. The minimum atomic E-state index is -4.69. The topological polar surface area (TPSA) is 59.2 Å². The van der Waals surface area contributed by atoms with Crippen LogP contribution in [-0.2, 0) is 11.0 Å². The maximum absolute atomic E-state index is 12.2. The standard InChI is InChI=1S/C7H5BrF3N3O2/c8-3-1-4(15)14(2-3)6-13-12-5(16-6)7(9,10)11/h3H,1-2H2. The number of amides is 1. The fourth-order valence-corrected chi connectivity index (χ4v) is 1.85. The monoisotopic (exact) mass is 299 g/mol. The van der Waals surface area contributed by atoms with Gasteiger partial charge in [0.05, 0.1) is 0 Å². The summed E-state index contributed by atoms with van der Waals surface area (Å²) >= 11 is 3.19. The lowest BCUT2D eigenvalue weighted by Gasteiger charge is -2.08. The van der Waals surface area contributed by atoms with Gasteiger partial charge in [0.15, 0.2) is 0 Å². The van der Waals surface area contributed by atoms with Gasteiger partial charge >= 0.3 is 18.1 Å². The number of hydrogen-bond acceptors (Lipinski definition) is 4. The molecule has 0 aromatic carbocycles. The second-order valence-electron chi connectivity index (χ2n) is 3.19. The number of alkyl halides is 4. The van der Waals surface area contributed by atoms with Crippen molar-refractivity contribution in [1.82, 2.24) is 10.2 Å². The van der Waals surface area contributed by atoms with Crippen molar-refractivity contribution >= 4 is 27.9 Å². The Morgan fingerprint density at radius 2 is 2.12 bits per heavy atom. The lowest BCUT2D eigenvalue weighted by molar-refractivity contribution is -0.157. The lowest BCUT2D eigenvalue weighted by atomic mass is 10.4. The summed E-state index contributed by atoms with van der Waals surface area (Å²) in [4.78, 5) is 12.3. The zero-order valence-corrected chi connectivity index (χ0v) is 9.25. The average Bonchev–Trinajstić information content (AvgIpc) is 2.70. The third-order valence-electron chi connectivity index (χ3n) is 1.97. The van der Waals surface area contributed by atoms with Crippen LogP contribution < -0.4 is 4.90 Å². The lowest BCUT2D eigenvalue weighted by Crippen LogP contribution is -2.24. The first-order chi connectivity index (χ1) is 7.38. The van der Waals surface area contributed by atoms with E-state index in [1.165, 1.54) is 0 Å². The van der Waals surface area contributed by atoms with E-state index in [-0.39, 0.29) is 23.7 Å². The third kappa shape index (κ3) is 2.04. The summed E-state index contributed by atoms with van der Waals surface area (Å²) < 4.78 is 40.8. The summed E-state index contributed by atoms with van der Waals surface area (Å²) in [5.74, 6) is -1.80. The summed E-state index contributed by atoms with van der Waals surface area (Å²) in [6, 6.07) is -0.417. The minimum absolute atomic E-state index is 0.110. The molecule has 0 radical (unpaired) electrons. The zero-order chi connectivity index (χ0) is 11.9. The molecular formula is C7H5BrF3N3O2. The van der Waals surface area contributed by atoms with Gasteiger partial charge in [-0.1, -0.05) is 21.0 Å². The number of aromatic nitrogens is 2. The first-order valence-corrected chi connectivity index (χ1v) is 5.14. The van der Waals surface area contributed by atoms with Gasteiger partial charge < -0.3 is 4.42 Å². The van der Waals surface area contributed by atoms with Gasteiger partial charge in [-0.2, -0.15) is 13.2 Å². The molecule has 1 aliphatic rings. The van der Waals surface area contributed by atoms with Gasteiger partial charge in [0.2, 0.25) is 5.91 Å². The van der Waals surface area contributed by atoms with Gasteiger partial charge in [-0.25, -0.2) is 0 Å². The predicted octanol–water partition coefficient (Wildman–Crippen LogP) is 1.59. The van der Waals surface area contributed by atoms with E-state index in [9.17, 15) is 18.0 Å². The molecule has 2 heterocycles. The number of hydrogen-bond donors (Lipinski definition) is 0. The normalized spacial score (nSPS) is 21.9. The van der Waals surface area contributed by atoms with Gasteiger partial charge in [-0.3, -0.25) is 9.69 Å². The van der Waals surface area contributed by atoms with E-state index in [1.807, 2.05) is 0 Å². The molecule has 1 aromatic heterocycles. The summed E-state index contributed by atoms with van der Waals surface area (Å²) in [6.45, 7) is 0.221. The molecule has 88 valence electrons. The Hall–Kier alpha value is -1.12. The Bertz CT molecular complexity index is 419. The second kappa shape index (κ2) is 3.72. The number of anilines is 1. The largest absolute Gasteiger partial charge is 0.470 e. The highest BCUT2D eigenvalue weighted by molar-refractivity contribution is 9.09. The Labute approximate surface area is 95.7 Å². The maximum atomic E-state index is 12.2. The molecule has 5 nitrogen and oxygen atoms in total. The molecular weight excluding hydrogens is 295 g/mol. The highest BCUT2D eigenvalue weighted by Gasteiger charge is 2.40. The van der Waals surface area contributed by atoms with E-state index in [1.54, 1.807) is 0 Å². The van der Waals surface area contributed by atoms with Crippen molar-refractivity contribution < 1.29 is 22.4 Å². The molecule has 9 heteroatoms. The van der Waals surface area contributed by atoms with E-state index in [4.69, 9.17) is 0 Å². The quantitative estimate of drug-likeness (QED) is 0.739. The van der Waals surface area contributed by atoms with Crippen LogP contribution in [-0.4, -0.2) is 27.5 Å². The van der Waals surface area contributed by atoms with E-state index >= 15 is 0 Å². The molecule has 1 unspecified atom stereocenters. The van der Waals surface area contributed by atoms with Crippen molar-refractivity contribution in [3.63, 3.8) is 0 Å². The van der Waals surface area contributed by atoms with Crippen LogP contribution in [0, 0.1) is 0 Å². The van der Waals surface area contributed by atoms with Crippen molar-refractivity contribution in [3.8, 4) is 0 Å². The van der Waals surface area contributed by atoms with Gasteiger partial charge in [0.1, 0.15) is 0 Å². The Morgan fingerprint density at radius 1 is 1.44 bits per heavy atom. The molecule has 0 N–H and O–H groups in total. The second-order valence-corrected chi connectivity index (χ2v) is 4.49. The smallest absolute Gasteiger partial charge is 0.399 e. The SMILES string of the molecule is O=C1CC(Br)CN1c1nnc(C(F)(F)F)o1. The molecule has 0 aliphatic carbocycles. The fraction of sp³-hybridized carbons (Fsp3) is 0.571. The van der Waals surface area contributed by atoms with Crippen LogP contribution >= 0.6 is 15.9 Å². The highest BCUT2D eigenvalue weighted by atomic mass is 79.9. The number of nitrogens with zero attached hydrogens (tertiary/aromatic N) is 3. The number of carbonyl (C=O) groups excluding carboxylic acids is 1. The van der Waals surface area contributed by atoms with Crippen molar-refractivity contribution in [3.05, 3.63) is 5.89 Å². The first-order valence-electron chi connectivity index (χ1n) is 4.23. The van der Waals surface area contributed by atoms with Gasteiger partial charge in [-0.05, 0) is 0 Å². The average molecular weight is 300 g/mol. The third-order valence-corrected chi connectivity index (χ3v) is 2.58. The Kier molecular flexibility index (Phi) is 2.64. The number of rotatable bonds is 1.